The number of amides is 1. The van der Waals surface area contributed by atoms with E-state index < -0.39 is 0 Å². The molecular formula is C17H21N4O3+. The van der Waals surface area contributed by atoms with E-state index in [0.29, 0.717) is 12.3 Å². The number of carbonyl (C=O) groups excluding carboxylic acids is 1. The fraction of sp³-hybridized carbons (Fsp3) is 0.529. The lowest BCUT2D eigenvalue weighted by molar-refractivity contribution is -0.927. The van der Waals surface area contributed by atoms with E-state index in [4.69, 9.17) is 5.10 Å². The Bertz CT molecular complexity index is 724. The van der Waals surface area contributed by atoms with Gasteiger partial charge in [0.15, 0.2) is 6.04 Å². The Labute approximate surface area is 140 Å². The molecule has 5 rings (SSSR count). The SMILES string of the molecule is CCC(=O)N1N=C2C3CC[NH+](CC3)[C@H]2[C@H]1c1cccc([N+](=O)[O-])c1. The smallest absolute Gasteiger partial charge is 0.269 e. The van der Waals surface area contributed by atoms with E-state index in [9.17, 15) is 14.9 Å². The minimum Gasteiger partial charge on any atom is -0.326 e. The van der Waals surface area contributed by atoms with Crippen molar-refractivity contribution in [2.45, 2.75) is 38.3 Å². The van der Waals surface area contributed by atoms with Crippen molar-refractivity contribution in [3.05, 3.63) is 39.9 Å². The summed E-state index contributed by atoms with van der Waals surface area (Å²) in [5, 5.41) is 17.4. The van der Waals surface area contributed by atoms with E-state index >= 15 is 0 Å². The van der Waals surface area contributed by atoms with Gasteiger partial charge in [-0.05, 0) is 5.56 Å². The van der Waals surface area contributed by atoms with Crippen LogP contribution in [0.2, 0.25) is 0 Å². The van der Waals surface area contributed by atoms with Crippen LogP contribution in [-0.4, -0.2) is 40.7 Å². The lowest BCUT2D eigenvalue weighted by Crippen LogP contribution is -3.20. The first-order chi connectivity index (χ1) is 11.6. The molecule has 0 aromatic heterocycles. The lowest BCUT2D eigenvalue weighted by Gasteiger charge is -2.42. The average molecular weight is 329 g/mol. The third kappa shape index (κ3) is 2.23. The topological polar surface area (TPSA) is 80.2 Å². The van der Waals surface area contributed by atoms with Crippen molar-refractivity contribution >= 4 is 17.3 Å². The van der Waals surface area contributed by atoms with E-state index in [1.54, 1.807) is 17.1 Å². The molecule has 7 heteroatoms. The van der Waals surface area contributed by atoms with Gasteiger partial charge < -0.3 is 4.90 Å². The maximum Gasteiger partial charge on any atom is 0.269 e. The molecule has 7 nitrogen and oxygen atoms in total. The van der Waals surface area contributed by atoms with Crippen molar-refractivity contribution < 1.29 is 14.6 Å². The Morgan fingerprint density at radius 1 is 1.42 bits per heavy atom. The zero-order chi connectivity index (χ0) is 16.8. The summed E-state index contributed by atoms with van der Waals surface area (Å²) in [6.45, 7) is 4.01. The predicted octanol–water partition coefficient (Wildman–Crippen LogP) is 0.921. The number of nitro groups is 1. The first-order valence-corrected chi connectivity index (χ1v) is 8.59. The molecule has 4 heterocycles. The number of rotatable bonds is 3. The molecule has 1 aromatic rings. The van der Waals surface area contributed by atoms with Gasteiger partial charge in [0, 0.05) is 37.3 Å². The molecule has 1 amide bonds. The van der Waals surface area contributed by atoms with Gasteiger partial charge in [0.05, 0.1) is 18.0 Å². The second-order valence-corrected chi connectivity index (χ2v) is 6.82. The molecule has 0 aliphatic carbocycles. The Morgan fingerprint density at radius 2 is 2.17 bits per heavy atom. The van der Waals surface area contributed by atoms with Crippen LogP contribution in [0.5, 0.6) is 0 Å². The Hall–Kier alpha value is -2.28. The first-order valence-electron chi connectivity index (χ1n) is 8.59. The summed E-state index contributed by atoms with van der Waals surface area (Å²) in [5.41, 5.74) is 2.01. The molecule has 24 heavy (non-hydrogen) atoms. The van der Waals surface area contributed by atoms with E-state index in [-0.39, 0.29) is 28.6 Å². The third-order valence-corrected chi connectivity index (χ3v) is 5.59. The summed E-state index contributed by atoms with van der Waals surface area (Å²) in [7, 11) is 0. The number of piperidine rings is 3. The number of hydrazone groups is 1. The molecule has 4 aliphatic heterocycles. The highest BCUT2D eigenvalue weighted by Crippen LogP contribution is 2.37. The van der Waals surface area contributed by atoms with Gasteiger partial charge in [-0.25, -0.2) is 5.01 Å². The minimum absolute atomic E-state index is 0.0200. The fourth-order valence-electron chi connectivity index (χ4n) is 4.44. The Kier molecular flexibility index (Phi) is 3.60. The molecule has 4 aliphatic rings. The van der Waals surface area contributed by atoms with E-state index in [0.717, 1.165) is 37.2 Å². The van der Waals surface area contributed by atoms with Crippen LogP contribution < -0.4 is 4.90 Å². The number of nitrogens with zero attached hydrogens (tertiary/aromatic N) is 3. The minimum atomic E-state index is -0.383. The first kappa shape index (κ1) is 15.3. The molecule has 1 aromatic carbocycles. The summed E-state index contributed by atoms with van der Waals surface area (Å²) in [5.74, 6) is 0.441. The zero-order valence-corrected chi connectivity index (χ0v) is 13.6. The Balaban J connectivity index is 1.78. The number of carbonyl (C=O) groups is 1. The van der Waals surface area contributed by atoms with Gasteiger partial charge in [-0.3, -0.25) is 14.9 Å². The second-order valence-electron chi connectivity index (χ2n) is 6.82. The predicted molar refractivity (Wildman–Crippen MR) is 87.6 cm³/mol. The molecular weight excluding hydrogens is 308 g/mol. The maximum atomic E-state index is 12.5. The van der Waals surface area contributed by atoms with Crippen LogP contribution >= 0.6 is 0 Å². The normalized spacial score (nSPS) is 30.9. The average Bonchev–Trinajstić information content (AvgIpc) is 3.04. The van der Waals surface area contributed by atoms with Crippen molar-refractivity contribution in [1.82, 2.24) is 5.01 Å². The van der Waals surface area contributed by atoms with Crippen LogP contribution in [0.1, 0.15) is 37.8 Å². The summed E-state index contributed by atoms with van der Waals surface area (Å²) in [6, 6.07) is 6.61. The molecule has 3 fully saturated rings. The molecule has 2 bridgehead atoms. The number of quaternary nitrogens is 1. The van der Waals surface area contributed by atoms with Crippen molar-refractivity contribution in [2.75, 3.05) is 13.1 Å². The van der Waals surface area contributed by atoms with E-state index in [2.05, 4.69) is 0 Å². The van der Waals surface area contributed by atoms with Crippen molar-refractivity contribution in [2.24, 2.45) is 11.0 Å². The van der Waals surface area contributed by atoms with E-state index in [1.165, 1.54) is 11.0 Å². The van der Waals surface area contributed by atoms with Crippen molar-refractivity contribution in [3.8, 4) is 0 Å². The maximum absolute atomic E-state index is 12.5. The number of nitrogens with one attached hydrogen (secondary N) is 1. The second kappa shape index (κ2) is 5.66. The zero-order valence-electron chi connectivity index (χ0n) is 13.6. The Morgan fingerprint density at radius 3 is 2.83 bits per heavy atom. The van der Waals surface area contributed by atoms with Crippen LogP contribution in [0.15, 0.2) is 29.4 Å². The number of fused-ring (bicyclic) bond motifs is 2. The fourth-order valence-corrected chi connectivity index (χ4v) is 4.44. The summed E-state index contributed by atoms with van der Waals surface area (Å²) < 4.78 is 0. The van der Waals surface area contributed by atoms with Crippen molar-refractivity contribution in [1.29, 1.82) is 0 Å². The van der Waals surface area contributed by atoms with Gasteiger partial charge in [-0.1, -0.05) is 19.1 Å². The quantitative estimate of drug-likeness (QED) is 0.661. The van der Waals surface area contributed by atoms with Gasteiger partial charge >= 0.3 is 0 Å². The number of non-ortho nitro benzene ring substituents is 1. The van der Waals surface area contributed by atoms with Gasteiger partial charge in [-0.15, -0.1) is 0 Å². The highest BCUT2D eigenvalue weighted by Gasteiger charge is 2.54. The molecule has 2 atom stereocenters. The summed E-state index contributed by atoms with van der Waals surface area (Å²) in [6.07, 6.45) is 2.63. The largest absolute Gasteiger partial charge is 0.326 e. The van der Waals surface area contributed by atoms with Crippen LogP contribution in [0, 0.1) is 16.0 Å². The highest BCUT2D eigenvalue weighted by atomic mass is 16.6. The molecule has 3 saturated heterocycles. The number of hydrogen-bond donors (Lipinski definition) is 1. The van der Waals surface area contributed by atoms with Crippen LogP contribution in [-0.2, 0) is 4.79 Å². The lowest BCUT2D eigenvalue weighted by atomic mass is 9.78. The molecule has 0 saturated carbocycles. The van der Waals surface area contributed by atoms with Crippen LogP contribution in [0.3, 0.4) is 0 Å². The van der Waals surface area contributed by atoms with Gasteiger partial charge in [-0.2, -0.15) is 5.10 Å². The number of benzene rings is 1. The number of nitro benzene ring substituents is 1. The van der Waals surface area contributed by atoms with Crippen LogP contribution in [0.4, 0.5) is 5.69 Å². The third-order valence-electron chi connectivity index (χ3n) is 5.59. The molecule has 0 spiro atoms. The molecule has 1 N–H and O–H groups in total. The molecule has 0 radical (unpaired) electrons. The number of hydrogen-bond acceptors (Lipinski definition) is 4. The van der Waals surface area contributed by atoms with Gasteiger partial charge in [0.25, 0.3) is 5.69 Å². The van der Waals surface area contributed by atoms with Crippen molar-refractivity contribution in [3.63, 3.8) is 0 Å². The monoisotopic (exact) mass is 329 g/mol. The standard InChI is InChI=1S/C17H20N4O3/c1-2-14(22)20-16(12-4-3-5-13(10-12)21(23)24)17-15(18-20)11-6-8-19(17)9-7-11/h3-5,10-11,16-17H,2,6-9H2,1H3/p+1/t16-,17-/m1/s1. The highest BCUT2D eigenvalue weighted by molar-refractivity contribution is 5.96. The molecule has 0 unspecified atom stereocenters. The van der Waals surface area contributed by atoms with Gasteiger partial charge in [0.1, 0.15) is 11.8 Å². The summed E-state index contributed by atoms with van der Waals surface area (Å²) in [4.78, 5) is 24.7. The van der Waals surface area contributed by atoms with Gasteiger partial charge in [0.2, 0.25) is 5.91 Å². The van der Waals surface area contributed by atoms with E-state index in [1.807, 2.05) is 13.0 Å². The molecule has 126 valence electrons. The van der Waals surface area contributed by atoms with Crippen LogP contribution in [0.25, 0.3) is 0 Å². The summed E-state index contributed by atoms with van der Waals surface area (Å²) >= 11 is 0.